The highest BCUT2D eigenvalue weighted by Gasteiger charge is 2.24. The van der Waals surface area contributed by atoms with E-state index in [0.29, 0.717) is 0 Å². The fraction of sp³-hybridized carbons (Fsp3) is 0.286. The first kappa shape index (κ1) is 24.2. The maximum atomic E-state index is 13.1. The van der Waals surface area contributed by atoms with Crippen LogP contribution in [0.25, 0.3) is 0 Å². The number of likely N-dealkylation sites (N-methyl/N-ethyl adjacent to an activating group) is 1. The van der Waals surface area contributed by atoms with Crippen molar-refractivity contribution in [3.63, 3.8) is 0 Å². The van der Waals surface area contributed by atoms with Crippen LogP contribution in [0.2, 0.25) is 0 Å². The van der Waals surface area contributed by atoms with Crippen LogP contribution < -0.4 is 10.6 Å². The summed E-state index contributed by atoms with van der Waals surface area (Å²) in [6.07, 6.45) is 0. The van der Waals surface area contributed by atoms with Gasteiger partial charge in [0.1, 0.15) is 0 Å². The molecular weight excluding hydrogens is 410 g/mol. The van der Waals surface area contributed by atoms with Crippen molar-refractivity contribution in [1.82, 2.24) is 10.2 Å². The van der Waals surface area contributed by atoms with Crippen LogP contribution in [0.4, 0.5) is 5.69 Å². The number of carbonyl (C=O) groups excluding carboxylic acids is 2. The summed E-state index contributed by atoms with van der Waals surface area (Å²) in [5.41, 5.74) is 6.08. The lowest BCUT2D eigenvalue weighted by molar-refractivity contribution is -0.127. The summed E-state index contributed by atoms with van der Waals surface area (Å²) >= 11 is 0. The topological polar surface area (TPSA) is 61.4 Å². The summed E-state index contributed by atoms with van der Waals surface area (Å²) in [5.74, 6) is -0.277. The quantitative estimate of drug-likeness (QED) is 0.527. The molecule has 0 heterocycles. The number of nitrogens with one attached hydrogen (secondary N) is 2. The molecule has 1 atom stereocenters. The minimum Gasteiger partial charge on any atom is -0.344 e. The molecule has 0 fully saturated rings. The minimum absolute atomic E-state index is 0.114. The van der Waals surface area contributed by atoms with E-state index < -0.39 is 6.04 Å². The van der Waals surface area contributed by atoms with Gasteiger partial charge in [0.2, 0.25) is 11.8 Å². The van der Waals surface area contributed by atoms with Gasteiger partial charge in [-0.05, 0) is 57.0 Å². The van der Waals surface area contributed by atoms with Gasteiger partial charge in [-0.3, -0.25) is 14.5 Å². The van der Waals surface area contributed by atoms with Crippen molar-refractivity contribution in [2.45, 2.75) is 39.8 Å². The molecular formula is C28H33N3O2. The predicted molar refractivity (Wildman–Crippen MR) is 134 cm³/mol. The van der Waals surface area contributed by atoms with Crippen LogP contribution in [-0.2, 0) is 9.59 Å². The predicted octanol–water partition coefficient (Wildman–Crippen LogP) is 4.78. The van der Waals surface area contributed by atoms with Crippen molar-refractivity contribution in [2.24, 2.45) is 0 Å². The summed E-state index contributed by atoms with van der Waals surface area (Å²) in [4.78, 5) is 27.6. The van der Waals surface area contributed by atoms with Crippen LogP contribution in [0.3, 0.4) is 0 Å². The Morgan fingerprint density at radius 1 is 0.848 bits per heavy atom. The molecule has 2 N–H and O–H groups in total. The molecule has 0 spiro atoms. The number of aryl methyl sites for hydroxylation is 3. The molecule has 0 aromatic heterocycles. The number of nitrogens with zero attached hydrogens (tertiary/aromatic N) is 1. The highest BCUT2D eigenvalue weighted by molar-refractivity contribution is 5.94. The standard InChI is InChI=1S/C28H33N3O2/c1-19-16-20(2)26(21(3)17-19)29-25(32)18-31(5)22(4)28(33)30-27(23-12-8-6-9-13-23)24-14-10-7-11-15-24/h6-17,22,27H,18H2,1-5H3,(H,29,32)(H,30,33)/t22-/m1/s1. The maximum Gasteiger partial charge on any atom is 0.238 e. The highest BCUT2D eigenvalue weighted by atomic mass is 16.2. The number of carbonyl (C=O) groups is 2. The van der Waals surface area contributed by atoms with Crippen molar-refractivity contribution in [3.05, 3.63) is 101 Å². The first-order valence-corrected chi connectivity index (χ1v) is 11.2. The van der Waals surface area contributed by atoms with Crippen molar-refractivity contribution in [2.75, 3.05) is 18.9 Å². The largest absolute Gasteiger partial charge is 0.344 e. The van der Waals surface area contributed by atoms with Crippen LogP contribution in [0, 0.1) is 20.8 Å². The van der Waals surface area contributed by atoms with E-state index in [2.05, 4.69) is 22.8 Å². The van der Waals surface area contributed by atoms with Crippen molar-refractivity contribution >= 4 is 17.5 Å². The van der Waals surface area contributed by atoms with Crippen LogP contribution in [0.15, 0.2) is 72.8 Å². The Morgan fingerprint density at radius 3 is 1.82 bits per heavy atom. The van der Waals surface area contributed by atoms with E-state index in [1.54, 1.807) is 11.9 Å². The van der Waals surface area contributed by atoms with E-state index in [9.17, 15) is 9.59 Å². The molecule has 0 saturated heterocycles. The number of benzene rings is 3. The zero-order chi connectivity index (χ0) is 24.0. The molecule has 3 aromatic rings. The lowest BCUT2D eigenvalue weighted by Gasteiger charge is -2.27. The molecule has 0 aliphatic rings. The van der Waals surface area contributed by atoms with Gasteiger partial charge in [0, 0.05) is 5.69 Å². The van der Waals surface area contributed by atoms with Gasteiger partial charge in [-0.25, -0.2) is 0 Å². The van der Waals surface area contributed by atoms with Gasteiger partial charge in [0.15, 0.2) is 0 Å². The van der Waals surface area contributed by atoms with Crippen LogP contribution >= 0.6 is 0 Å². The number of hydrogen-bond acceptors (Lipinski definition) is 3. The molecule has 0 bridgehead atoms. The molecule has 0 aliphatic heterocycles. The molecule has 0 aliphatic carbocycles. The molecule has 3 rings (SSSR count). The summed E-state index contributed by atoms with van der Waals surface area (Å²) < 4.78 is 0. The second-order valence-corrected chi connectivity index (χ2v) is 8.68. The molecule has 172 valence electrons. The third-order valence-electron chi connectivity index (χ3n) is 5.93. The molecule has 0 saturated carbocycles. The van der Waals surface area contributed by atoms with Gasteiger partial charge in [-0.2, -0.15) is 0 Å². The second kappa shape index (κ2) is 10.9. The molecule has 5 heteroatoms. The van der Waals surface area contributed by atoms with E-state index in [-0.39, 0.29) is 24.4 Å². The molecule has 33 heavy (non-hydrogen) atoms. The van der Waals surface area contributed by atoms with Gasteiger partial charge >= 0.3 is 0 Å². The zero-order valence-electron chi connectivity index (χ0n) is 20.1. The van der Waals surface area contributed by atoms with Crippen molar-refractivity contribution < 1.29 is 9.59 Å². The van der Waals surface area contributed by atoms with Crippen LogP contribution in [0.5, 0.6) is 0 Å². The average Bonchev–Trinajstić information content (AvgIpc) is 2.80. The zero-order valence-corrected chi connectivity index (χ0v) is 20.1. The lowest BCUT2D eigenvalue weighted by atomic mass is 9.98. The molecule has 2 amide bonds. The second-order valence-electron chi connectivity index (χ2n) is 8.68. The molecule has 0 radical (unpaired) electrons. The summed E-state index contributed by atoms with van der Waals surface area (Å²) in [7, 11) is 1.79. The normalized spacial score (nSPS) is 12.0. The number of rotatable bonds is 8. The van der Waals surface area contributed by atoms with E-state index in [1.165, 1.54) is 0 Å². The smallest absolute Gasteiger partial charge is 0.238 e. The third kappa shape index (κ3) is 6.30. The Hall–Kier alpha value is -3.44. The van der Waals surface area contributed by atoms with Gasteiger partial charge in [0.05, 0.1) is 18.6 Å². The Morgan fingerprint density at radius 2 is 1.33 bits per heavy atom. The van der Waals surface area contributed by atoms with Gasteiger partial charge in [-0.15, -0.1) is 0 Å². The first-order valence-electron chi connectivity index (χ1n) is 11.2. The first-order chi connectivity index (χ1) is 15.8. The summed E-state index contributed by atoms with van der Waals surface area (Å²) in [6, 6.07) is 23.2. The van der Waals surface area contributed by atoms with Gasteiger partial charge in [0.25, 0.3) is 0 Å². The average molecular weight is 444 g/mol. The fourth-order valence-corrected chi connectivity index (χ4v) is 4.03. The van der Waals surface area contributed by atoms with E-state index in [1.807, 2.05) is 88.4 Å². The van der Waals surface area contributed by atoms with E-state index in [0.717, 1.165) is 33.5 Å². The SMILES string of the molecule is Cc1cc(C)c(NC(=O)CN(C)[C@H](C)C(=O)NC(c2ccccc2)c2ccccc2)c(C)c1. The molecule has 5 nitrogen and oxygen atoms in total. The Kier molecular flexibility index (Phi) is 8.01. The van der Waals surface area contributed by atoms with Crippen LogP contribution in [0.1, 0.15) is 40.8 Å². The van der Waals surface area contributed by atoms with Crippen LogP contribution in [-0.4, -0.2) is 36.3 Å². The monoisotopic (exact) mass is 443 g/mol. The molecule has 0 unspecified atom stereocenters. The third-order valence-corrected chi connectivity index (χ3v) is 5.93. The van der Waals surface area contributed by atoms with Crippen molar-refractivity contribution in [1.29, 1.82) is 0 Å². The Bertz CT molecular complexity index is 1030. The number of amides is 2. The Labute approximate surface area is 196 Å². The highest BCUT2D eigenvalue weighted by Crippen LogP contribution is 2.23. The summed E-state index contributed by atoms with van der Waals surface area (Å²) in [6.45, 7) is 7.95. The van der Waals surface area contributed by atoms with Gasteiger partial charge in [-0.1, -0.05) is 78.4 Å². The minimum atomic E-state index is -0.481. The van der Waals surface area contributed by atoms with E-state index in [4.69, 9.17) is 0 Å². The molecule has 3 aromatic carbocycles. The van der Waals surface area contributed by atoms with E-state index >= 15 is 0 Å². The maximum absolute atomic E-state index is 13.1. The summed E-state index contributed by atoms with van der Waals surface area (Å²) in [5, 5.41) is 6.18. The Balaban J connectivity index is 1.67. The van der Waals surface area contributed by atoms with Crippen molar-refractivity contribution in [3.8, 4) is 0 Å². The number of anilines is 1. The fourth-order valence-electron chi connectivity index (χ4n) is 4.03. The number of hydrogen-bond donors (Lipinski definition) is 2. The van der Waals surface area contributed by atoms with Gasteiger partial charge < -0.3 is 10.6 Å². The lowest BCUT2D eigenvalue weighted by Crippen LogP contribution is -2.47.